The molecule has 3 aliphatic heterocycles. The van der Waals surface area contributed by atoms with Crippen molar-refractivity contribution in [2.24, 2.45) is 11.8 Å². The Morgan fingerprint density at radius 2 is 1.78 bits per heavy atom. The predicted octanol–water partition coefficient (Wildman–Crippen LogP) is 2.91. The van der Waals surface area contributed by atoms with Crippen LogP contribution in [-0.4, -0.2) is 79.6 Å². The smallest absolute Gasteiger partial charge is 0.372 e. The van der Waals surface area contributed by atoms with Crippen molar-refractivity contribution in [2.75, 3.05) is 55.1 Å². The zero-order valence-corrected chi connectivity index (χ0v) is 20.7. The van der Waals surface area contributed by atoms with Gasteiger partial charge in [-0.05, 0) is 42.4 Å². The van der Waals surface area contributed by atoms with Crippen LogP contribution in [0.1, 0.15) is 24.0 Å². The summed E-state index contributed by atoms with van der Waals surface area (Å²) in [5, 5.41) is 3.96. The molecule has 1 N–H and O–H groups in total. The van der Waals surface area contributed by atoms with Gasteiger partial charge in [-0.3, -0.25) is 9.62 Å². The molecule has 2 unspecified atom stereocenters. The molecule has 2 atom stereocenters. The SMILES string of the molecule is CS(=O)(=O)Nc1cnn(C(=O)N2CC3CN(Cc4ccc(N5CCCC5)cc4C(F)(F)F)CC3C2)c1. The van der Waals surface area contributed by atoms with Crippen LogP contribution in [0.15, 0.2) is 30.6 Å². The molecule has 9 nitrogen and oxygen atoms in total. The molecule has 0 spiro atoms. The number of amides is 1. The van der Waals surface area contributed by atoms with Gasteiger partial charge in [-0.1, -0.05) is 6.07 Å². The average molecular weight is 527 g/mol. The third kappa shape index (κ3) is 5.31. The molecule has 5 rings (SSSR count). The van der Waals surface area contributed by atoms with Crippen molar-refractivity contribution in [1.82, 2.24) is 19.6 Å². The van der Waals surface area contributed by atoms with Gasteiger partial charge in [0.25, 0.3) is 0 Å². The molecule has 0 bridgehead atoms. The maximum Gasteiger partial charge on any atom is 0.416 e. The van der Waals surface area contributed by atoms with Crippen molar-refractivity contribution in [3.8, 4) is 0 Å². The number of nitrogens with one attached hydrogen (secondary N) is 1. The number of carbonyl (C=O) groups excluding carboxylic acids is 1. The molecule has 3 aliphatic rings. The van der Waals surface area contributed by atoms with Gasteiger partial charge in [0, 0.05) is 51.5 Å². The molecule has 0 saturated carbocycles. The van der Waals surface area contributed by atoms with Gasteiger partial charge in [0.1, 0.15) is 0 Å². The highest BCUT2D eigenvalue weighted by Gasteiger charge is 2.43. The lowest BCUT2D eigenvalue weighted by Gasteiger charge is -2.24. The van der Waals surface area contributed by atoms with Gasteiger partial charge in [0.05, 0.1) is 29.9 Å². The normalized spacial score (nSPS) is 22.9. The van der Waals surface area contributed by atoms with Crippen molar-refractivity contribution in [3.05, 3.63) is 41.7 Å². The molecule has 1 aromatic carbocycles. The summed E-state index contributed by atoms with van der Waals surface area (Å²) in [4.78, 5) is 18.5. The monoisotopic (exact) mass is 526 g/mol. The summed E-state index contributed by atoms with van der Waals surface area (Å²) < 4.78 is 67.8. The average Bonchev–Trinajstić information content (AvgIpc) is 3.56. The standard InChI is InChI=1S/C23H29F3N6O3S/c1-36(34,35)28-19-9-27-32(15-19)22(33)31-13-17-11-29(12-18(17)14-31)10-16-4-5-20(30-6-2-3-7-30)8-21(16)23(24,25)26/h4-5,8-9,15,17-18,28H,2-3,6-7,10-14H2,1H3. The second-order valence-corrected chi connectivity index (χ2v) is 11.7. The van der Waals surface area contributed by atoms with Crippen LogP contribution in [0.3, 0.4) is 0 Å². The van der Waals surface area contributed by atoms with Crippen LogP contribution in [0.25, 0.3) is 0 Å². The summed E-state index contributed by atoms with van der Waals surface area (Å²) in [6, 6.07) is 4.34. The van der Waals surface area contributed by atoms with Gasteiger partial charge in [-0.15, -0.1) is 0 Å². The molecule has 0 aliphatic carbocycles. The number of carbonyl (C=O) groups is 1. The summed E-state index contributed by atoms with van der Waals surface area (Å²) in [6.45, 7) is 3.98. The molecule has 3 saturated heterocycles. The highest BCUT2D eigenvalue weighted by molar-refractivity contribution is 7.92. The van der Waals surface area contributed by atoms with Gasteiger partial charge in [-0.2, -0.15) is 23.0 Å². The van der Waals surface area contributed by atoms with Crippen LogP contribution in [0, 0.1) is 11.8 Å². The Morgan fingerprint density at radius 1 is 1.11 bits per heavy atom. The van der Waals surface area contributed by atoms with Gasteiger partial charge in [0.2, 0.25) is 10.0 Å². The number of benzene rings is 1. The van der Waals surface area contributed by atoms with Crippen LogP contribution in [0.2, 0.25) is 0 Å². The Hall–Kier alpha value is -2.80. The molecule has 2 aromatic rings. The third-order valence-corrected chi connectivity index (χ3v) is 7.78. The molecule has 0 radical (unpaired) electrons. The van der Waals surface area contributed by atoms with E-state index in [-0.39, 0.29) is 35.7 Å². The minimum absolute atomic E-state index is 0.163. The molecule has 196 valence electrons. The Kier molecular flexibility index (Phi) is 6.39. The highest BCUT2D eigenvalue weighted by Crippen LogP contribution is 2.38. The number of anilines is 2. The molecular weight excluding hydrogens is 497 g/mol. The van der Waals surface area contributed by atoms with E-state index in [1.54, 1.807) is 17.0 Å². The number of aromatic nitrogens is 2. The fraction of sp³-hybridized carbons (Fsp3) is 0.565. The first-order valence-corrected chi connectivity index (χ1v) is 13.8. The Bertz CT molecular complexity index is 1230. The third-order valence-electron chi connectivity index (χ3n) is 7.18. The summed E-state index contributed by atoms with van der Waals surface area (Å²) in [6.07, 6.45) is 1.19. The van der Waals surface area contributed by atoms with Crippen molar-refractivity contribution in [1.29, 1.82) is 0 Å². The van der Waals surface area contributed by atoms with E-state index < -0.39 is 21.8 Å². The first kappa shape index (κ1) is 24.9. The van der Waals surface area contributed by atoms with E-state index in [1.807, 2.05) is 9.80 Å². The summed E-state index contributed by atoms with van der Waals surface area (Å²) in [5.41, 5.74) is 0.538. The quantitative estimate of drug-likeness (QED) is 0.645. The van der Waals surface area contributed by atoms with Crippen molar-refractivity contribution >= 4 is 27.4 Å². The summed E-state index contributed by atoms with van der Waals surface area (Å²) in [7, 11) is -3.48. The zero-order valence-electron chi connectivity index (χ0n) is 19.9. The van der Waals surface area contributed by atoms with Crippen LogP contribution < -0.4 is 9.62 Å². The van der Waals surface area contributed by atoms with Crippen LogP contribution in [-0.2, 0) is 22.7 Å². The summed E-state index contributed by atoms with van der Waals surface area (Å²) in [5.74, 6) is 0.327. The molecule has 13 heteroatoms. The minimum Gasteiger partial charge on any atom is -0.372 e. The number of hydrogen-bond acceptors (Lipinski definition) is 6. The van der Waals surface area contributed by atoms with Gasteiger partial charge >= 0.3 is 12.2 Å². The Morgan fingerprint density at radius 3 is 2.39 bits per heavy atom. The number of sulfonamides is 1. The minimum atomic E-state index is -4.42. The zero-order chi connectivity index (χ0) is 25.7. The number of rotatable bonds is 5. The fourth-order valence-corrected chi connectivity index (χ4v) is 6.13. The second-order valence-electron chi connectivity index (χ2n) is 9.98. The van der Waals surface area contributed by atoms with Crippen LogP contribution in [0.5, 0.6) is 0 Å². The number of likely N-dealkylation sites (tertiary alicyclic amines) is 2. The van der Waals surface area contributed by atoms with E-state index in [1.165, 1.54) is 18.5 Å². The Labute approximate surface area is 207 Å². The number of halogens is 3. The van der Waals surface area contributed by atoms with Gasteiger partial charge in [-0.25, -0.2) is 13.2 Å². The number of hydrogen-bond donors (Lipinski definition) is 1. The lowest BCUT2D eigenvalue weighted by molar-refractivity contribution is -0.138. The topological polar surface area (TPSA) is 90.8 Å². The maximum atomic E-state index is 13.9. The van der Waals surface area contributed by atoms with E-state index in [2.05, 4.69) is 9.82 Å². The molecule has 1 aromatic heterocycles. The van der Waals surface area contributed by atoms with Crippen LogP contribution in [0.4, 0.5) is 29.3 Å². The van der Waals surface area contributed by atoms with Crippen LogP contribution >= 0.6 is 0 Å². The maximum absolute atomic E-state index is 13.9. The number of nitrogens with zero attached hydrogens (tertiary/aromatic N) is 5. The van der Waals surface area contributed by atoms with Crippen molar-refractivity contribution in [2.45, 2.75) is 25.6 Å². The first-order valence-electron chi connectivity index (χ1n) is 12.0. The first-order chi connectivity index (χ1) is 17.0. The largest absolute Gasteiger partial charge is 0.416 e. The molecule has 1 amide bonds. The lowest BCUT2D eigenvalue weighted by atomic mass is 10.0. The number of alkyl halides is 3. The highest BCUT2D eigenvalue weighted by atomic mass is 32.2. The second kappa shape index (κ2) is 9.25. The van der Waals surface area contributed by atoms with Crippen molar-refractivity contribution in [3.63, 3.8) is 0 Å². The van der Waals surface area contributed by atoms with E-state index in [0.717, 1.165) is 36.9 Å². The summed E-state index contributed by atoms with van der Waals surface area (Å²) >= 11 is 0. The van der Waals surface area contributed by atoms with E-state index in [0.29, 0.717) is 31.9 Å². The molecule has 3 fully saturated rings. The van der Waals surface area contributed by atoms with E-state index in [9.17, 15) is 26.4 Å². The molecule has 4 heterocycles. The van der Waals surface area contributed by atoms with E-state index >= 15 is 0 Å². The fourth-order valence-electron chi connectivity index (χ4n) is 5.59. The Balaban J connectivity index is 1.22. The van der Waals surface area contributed by atoms with E-state index in [4.69, 9.17) is 0 Å². The van der Waals surface area contributed by atoms with Gasteiger partial charge < -0.3 is 9.80 Å². The number of fused-ring (bicyclic) bond motifs is 1. The molecular formula is C23H29F3N6O3S. The predicted molar refractivity (Wildman–Crippen MR) is 128 cm³/mol. The lowest BCUT2D eigenvalue weighted by Crippen LogP contribution is -2.36. The van der Waals surface area contributed by atoms with Gasteiger partial charge in [0.15, 0.2) is 0 Å². The van der Waals surface area contributed by atoms with Crippen molar-refractivity contribution < 1.29 is 26.4 Å². The molecule has 36 heavy (non-hydrogen) atoms.